The Morgan fingerprint density at radius 3 is 2.94 bits per heavy atom. The van der Waals surface area contributed by atoms with Crippen LogP contribution in [0.2, 0.25) is 0 Å². The minimum atomic E-state index is 0.632. The van der Waals surface area contributed by atoms with Gasteiger partial charge in [-0.1, -0.05) is 0 Å². The zero-order valence-corrected chi connectivity index (χ0v) is 9.61. The highest BCUT2D eigenvalue weighted by Gasteiger charge is 1.98. The number of rotatable bonds is 4. The van der Waals surface area contributed by atoms with Gasteiger partial charge in [-0.25, -0.2) is 19.9 Å². The van der Waals surface area contributed by atoms with E-state index in [-0.39, 0.29) is 0 Å². The highest BCUT2D eigenvalue weighted by atomic mass is 32.2. The van der Waals surface area contributed by atoms with E-state index in [2.05, 4.69) is 25.3 Å². The number of anilines is 1. The average Bonchev–Trinajstić information content (AvgIpc) is 2.38. The molecule has 0 radical (unpaired) electrons. The highest BCUT2D eigenvalue weighted by Crippen LogP contribution is 2.13. The van der Waals surface area contributed by atoms with E-state index in [0.29, 0.717) is 6.54 Å². The maximum atomic E-state index is 4.12. The molecule has 0 saturated carbocycles. The zero-order valence-electron chi connectivity index (χ0n) is 8.79. The van der Waals surface area contributed by atoms with Crippen molar-refractivity contribution in [1.29, 1.82) is 0 Å². The summed E-state index contributed by atoms with van der Waals surface area (Å²) in [7, 11) is 0. The van der Waals surface area contributed by atoms with E-state index in [1.54, 1.807) is 24.3 Å². The summed E-state index contributed by atoms with van der Waals surface area (Å²) < 4.78 is 0. The van der Waals surface area contributed by atoms with Crippen molar-refractivity contribution in [2.24, 2.45) is 0 Å². The molecule has 2 heterocycles. The van der Waals surface area contributed by atoms with Crippen LogP contribution in [0, 0.1) is 0 Å². The molecule has 0 aliphatic carbocycles. The monoisotopic (exact) mass is 233 g/mol. The predicted octanol–water partition coefficient (Wildman–Crippen LogP) is 1.60. The van der Waals surface area contributed by atoms with Gasteiger partial charge < -0.3 is 5.32 Å². The third-order valence-corrected chi connectivity index (χ3v) is 2.59. The molecule has 0 saturated heterocycles. The summed E-state index contributed by atoms with van der Waals surface area (Å²) in [6.07, 6.45) is 6.78. The summed E-state index contributed by atoms with van der Waals surface area (Å²) in [4.78, 5) is 16.2. The Hall–Kier alpha value is -1.69. The van der Waals surface area contributed by atoms with Crippen LogP contribution in [-0.2, 0) is 6.54 Å². The fourth-order valence-corrected chi connectivity index (χ4v) is 1.53. The molecule has 0 atom stereocenters. The molecule has 2 aromatic rings. The summed E-state index contributed by atoms with van der Waals surface area (Å²) in [6, 6.07) is 3.77. The van der Waals surface area contributed by atoms with Crippen LogP contribution in [0.5, 0.6) is 0 Å². The molecule has 0 aliphatic rings. The molecule has 0 aromatic carbocycles. The lowest BCUT2D eigenvalue weighted by molar-refractivity contribution is 0.976. The van der Waals surface area contributed by atoms with E-state index in [0.717, 1.165) is 16.5 Å². The van der Waals surface area contributed by atoms with Gasteiger partial charge in [-0.15, -0.1) is 11.8 Å². The van der Waals surface area contributed by atoms with Crippen LogP contribution in [0.25, 0.3) is 0 Å². The van der Waals surface area contributed by atoms with Crippen LogP contribution < -0.4 is 5.32 Å². The van der Waals surface area contributed by atoms with Crippen molar-refractivity contribution >= 4 is 17.6 Å². The lowest BCUT2D eigenvalue weighted by Crippen LogP contribution is -2.03. The Morgan fingerprint density at radius 2 is 2.19 bits per heavy atom. The summed E-state index contributed by atoms with van der Waals surface area (Å²) in [5, 5.41) is 4.13. The van der Waals surface area contributed by atoms with Gasteiger partial charge in [-0.3, -0.25) is 0 Å². The van der Waals surface area contributed by atoms with E-state index in [1.165, 1.54) is 6.33 Å². The van der Waals surface area contributed by atoms with Gasteiger partial charge in [0.2, 0.25) is 0 Å². The van der Waals surface area contributed by atoms with E-state index in [9.17, 15) is 0 Å². The molecule has 82 valence electrons. The van der Waals surface area contributed by atoms with Crippen molar-refractivity contribution < 1.29 is 0 Å². The largest absolute Gasteiger partial charge is 0.364 e. The van der Waals surface area contributed by atoms with Gasteiger partial charge in [0.15, 0.2) is 0 Å². The van der Waals surface area contributed by atoms with Crippen LogP contribution in [0.4, 0.5) is 5.82 Å². The summed E-state index contributed by atoms with van der Waals surface area (Å²) in [5.41, 5.74) is 0.930. The van der Waals surface area contributed by atoms with Crippen LogP contribution in [0.1, 0.15) is 5.69 Å². The molecule has 1 N–H and O–H groups in total. The van der Waals surface area contributed by atoms with Crippen molar-refractivity contribution in [2.75, 3.05) is 11.6 Å². The molecular weight excluding hydrogens is 222 g/mol. The normalized spacial score (nSPS) is 10.1. The molecule has 0 bridgehead atoms. The SMILES string of the molecule is CSc1cc(NCc2ccncn2)ncn1. The third-order valence-electron chi connectivity index (χ3n) is 1.94. The molecule has 2 rings (SSSR count). The zero-order chi connectivity index (χ0) is 11.2. The number of hydrogen-bond donors (Lipinski definition) is 1. The standard InChI is InChI=1S/C10H11N5S/c1-16-10-4-9(14-7-15-10)12-5-8-2-3-11-6-13-8/h2-4,6-7H,5H2,1H3,(H,12,14,15). The first-order valence-electron chi connectivity index (χ1n) is 4.73. The first-order chi connectivity index (χ1) is 7.88. The van der Waals surface area contributed by atoms with Crippen LogP contribution >= 0.6 is 11.8 Å². The molecule has 2 aromatic heterocycles. The van der Waals surface area contributed by atoms with E-state index in [1.807, 2.05) is 18.4 Å². The number of nitrogens with one attached hydrogen (secondary N) is 1. The van der Waals surface area contributed by atoms with Crippen molar-refractivity contribution in [1.82, 2.24) is 19.9 Å². The molecule has 6 heteroatoms. The maximum absolute atomic E-state index is 4.12. The van der Waals surface area contributed by atoms with Gasteiger partial charge in [-0.2, -0.15) is 0 Å². The summed E-state index contributed by atoms with van der Waals surface area (Å²) >= 11 is 1.59. The van der Waals surface area contributed by atoms with Gasteiger partial charge >= 0.3 is 0 Å². The molecule has 0 fully saturated rings. The van der Waals surface area contributed by atoms with Gasteiger partial charge in [0, 0.05) is 12.3 Å². The summed E-state index contributed by atoms with van der Waals surface area (Å²) in [6.45, 7) is 0.632. The Kier molecular flexibility index (Phi) is 3.66. The number of nitrogens with zero attached hydrogens (tertiary/aromatic N) is 4. The third kappa shape index (κ3) is 2.90. The topological polar surface area (TPSA) is 63.6 Å². The van der Waals surface area contributed by atoms with Crippen LogP contribution in [0.3, 0.4) is 0 Å². The van der Waals surface area contributed by atoms with Crippen molar-refractivity contribution in [3.63, 3.8) is 0 Å². The fraction of sp³-hybridized carbons (Fsp3) is 0.200. The van der Waals surface area contributed by atoms with Gasteiger partial charge in [0.05, 0.1) is 12.2 Å². The van der Waals surface area contributed by atoms with E-state index in [4.69, 9.17) is 0 Å². The van der Waals surface area contributed by atoms with Crippen LogP contribution in [0.15, 0.2) is 36.0 Å². The summed E-state index contributed by atoms with van der Waals surface area (Å²) in [5.74, 6) is 0.804. The Balaban J connectivity index is 1.99. The second-order valence-electron chi connectivity index (χ2n) is 3.00. The lowest BCUT2D eigenvalue weighted by Gasteiger charge is -2.04. The van der Waals surface area contributed by atoms with E-state index < -0.39 is 0 Å². The van der Waals surface area contributed by atoms with Crippen molar-refractivity contribution in [2.45, 2.75) is 11.6 Å². The minimum Gasteiger partial charge on any atom is -0.364 e. The molecular formula is C10H11N5S. The number of aromatic nitrogens is 4. The average molecular weight is 233 g/mol. The fourth-order valence-electron chi connectivity index (χ4n) is 1.15. The first kappa shape index (κ1) is 10.8. The molecule has 0 spiro atoms. The maximum Gasteiger partial charge on any atom is 0.130 e. The highest BCUT2D eigenvalue weighted by molar-refractivity contribution is 7.98. The van der Waals surface area contributed by atoms with Gasteiger partial charge in [-0.05, 0) is 12.3 Å². The van der Waals surface area contributed by atoms with Gasteiger partial charge in [0.1, 0.15) is 23.5 Å². The number of thioether (sulfide) groups is 1. The molecule has 5 nitrogen and oxygen atoms in total. The molecule has 0 amide bonds. The van der Waals surface area contributed by atoms with Crippen molar-refractivity contribution in [3.8, 4) is 0 Å². The Labute approximate surface area is 97.8 Å². The Morgan fingerprint density at radius 1 is 1.25 bits per heavy atom. The Bertz CT molecular complexity index is 448. The van der Waals surface area contributed by atoms with E-state index >= 15 is 0 Å². The quantitative estimate of drug-likeness (QED) is 0.639. The first-order valence-corrected chi connectivity index (χ1v) is 5.96. The second kappa shape index (κ2) is 5.41. The molecule has 16 heavy (non-hydrogen) atoms. The molecule has 0 unspecified atom stereocenters. The predicted molar refractivity (Wildman–Crippen MR) is 63.2 cm³/mol. The van der Waals surface area contributed by atoms with Crippen molar-refractivity contribution in [3.05, 3.63) is 36.7 Å². The smallest absolute Gasteiger partial charge is 0.130 e. The van der Waals surface area contributed by atoms with Crippen LogP contribution in [-0.4, -0.2) is 26.2 Å². The minimum absolute atomic E-state index is 0.632. The lowest BCUT2D eigenvalue weighted by atomic mass is 10.4. The van der Waals surface area contributed by atoms with Gasteiger partial charge in [0.25, 0.3) is 0 Å². The molecule has 0 aliphatic heterocycles. The number of hydrogen-bond acceptors (Lipinski definition) is 6. The second-order valence-corrected chi connectivity index (χ2v) is 3.83.